The van der Waals surface area contributed by atoms with Crippen molar-refractivity contribution in [3.05, 3.63) is 12.2 Å². The highest BCUT2D eigenvalue weighted by Crippen LogP contribution is 2.23. The average Bonchev–Trinajstić information content (AvgIpc) is 3.17. The first-order valence-corrected chi connectivity index (χ1v) is 22.3. The van der Waals surface area contributed by atoms with E-state index < -0.39 is 49.4 Å². The van der Waals surface area contributed by atoms with Crippen LogP contribution < -0.4 is 0 Å². The van der Waals surface area contributed by atoms with Crippen LogP contribution in [0.4, 0.5) is 0 Å². The van der Waals surface area contributed by atoms with Gasteiger partial charge in [0, 0.05) is 12.8 Å². The number of hydrogen-bond acceptors (Lipinski definition) is 10. The molecule has 6 atom stereocenters. The highest BCUT2D eigenvalue weighted by atomic mass is 16.7. The van der Waals surface area contributed by atoms with E-state index in [9.17, 15) is 30.0 Å². The van der Waals surface area contributed by atoms with Crippen LogP contribution >= 0.6 is 0 Å². The molecule has 0 amide bonds. The molecule has 54 heavy (non-hydrogen) atoms. The Kier molecular flexibility index (Phi) is 33.5. The summed E-state index contributed by atoms with van der Waals surface area (Å²) >= 11 is 0. The van der Waals surface area contributed by atoms with Crippen LogP contribution in [0.1, 0.15) is 200 Å². The molecule has 0 aromatic carbocycles. The maximum absolute atomic E-state index is 12.8. The molecule has 2 unspecified atom stereocenters. The monoisotopic (exact) mass is 771 g/mol. The van der Waals surface area contributed by atoms with Crippen molar-refractivity contribution in [3.63, 3.8) is 0 Å². The van der Waals surface area contributed by atoms with Gasteiger partial charge in [0.25, 0.3) is 0 Å². The van der Waals surface area contributed by atoms with Crippen LogP contribution in [0.3, 0.4) is 0 Å². The lowest BCUT2D eigenvalue weighted by Crippen LogP contribution is -2.59. The third-order valence-corrected chi connectivity index (χ3v) is 10.4. The van der Waals surface area contributed by atoms with E-state index in [-0.39, 0.29) is 32.0 Å². The van der Waals surface area contributed by atoms with Crippen molar-refractivity contribution in [2.24, 2.45) is 0 Å². The molecule has 318 valence electrons. The van der Waals surface area contributed by atoms with Gasteiger partial charge in [0.2, 0.25) is 0 Å². The van der Waals surface area contributed by atoms with Crippen LogP contribution in [-0.2, 0) is 28.5 Å². The SMILES string of the molecule is CCCC/C=C/CCCCCCCC(=O)OC[C@H](CO[C@@H]1O[C@H](CO)[C@H](O)C(O)C1O)OC(=O)CCCCCCCCCCCCCCCCCCCC. The zero-order valence-electron chi connectivity index (χ0n) is 34.5. The van der Waals surface area contributed by atoms with Crippen LogP contribution in [0.25, 0.3) is 0 Å². The summed E-state index contributed by atoms with van der Waals surface area (Å²) in [6.07, 6.45) is 29.4. The second-order valence-corrected chi connectivity index (χ2v) is 15.5. The van der Waals surface area contributed by atoms with Crippen molar-refractivity contribution in [1.29, 1.82) is 0 Å². The van der Waals surface area contributed by atoms with E-state index in [0.717, 1.165) is 64.2 Å². The number of aliphatic hydroxyl groups excluding tert-OH is 4. The molecule has 0 bridgehead atoms. The molecule has 10 nitrogen and oxygen atoms in total. The number of carbonyl (C=O) groups is 2. The number of unbranched alkanes of at least 4 members (excludes halogenated alkanes) is 24. The molecule has 4 N–H and O–H groups in total. The first-order chi connectivity index (χ1) is 26.3. The number of ether oxygens (including phenoxy) is 4. The van der Waals surface area contributed by atoms with Crippen LogP contribution in [0, 0.1) is 0 Å². The van der Waals surface area contributed by atoms with Gasteiger partial charge in [-0.2, -0.15) is 0 Å². The number of hydrogen-bond donors (Lipinski definition) is 4. The summed E-state index contributed by atoms with van der Waals surface area (Å²) in [5.41, 5.74) is 0. The molecule has 0 radical (unpaired) electrons. The summed E-state index contributed by atoms with van der Waals surface area (Å²) in [7, 11) is 0. The molecule has 0 aromatic heterocycles. The van der Waals surface area contributed by atoms with E-state index in [1.54, 1.807) is 0 Å². The molecular weight excluding hydrogens is 688 g/mol. The Balaban J connectivity index is 2.30. The van der Waals surface area contributed by atoms with Gasteiger partial charge in [-0.15, -0.1) is 0 Å². The normalized spacial score (nSPS) is 20.7. The molecule has 0 spiro atoms. The summed E-state index contributed by atoms with van der Waals surface area (Å²) in [5.74, 6) is -0.809. The lowest BCUT2D eigenvalue weighted by molar-refractivity contribution is -0.305. The lowest BCUT2D eigenvalue weighted by atomic mass is 9.99. The van der Waals surface area contributed by atoms with Crippen LogP contribution in [0.5, 0.6) is 0 Å². The van der Waals surface area contributed by atoms with Crippen LogP contribution in [0.15, 0.2) is 12.2 Å². The van der Waals surface area contributed by atoms with Gasteiger partial charge in [-0.1, -0.05) is 167 Å². The Labute approximate surface area is 329 Å². The highest BCUT2D eigenvalue weighted by Gasteiger charge is 2.44. The molecular formula is C44H82O10. The maximum Gasteiger partial charge on any atom is 0.306 e. The molecule has 0 aliphatic carbocycles. The first-order valence-electron chi connectivity index (χ1n) is 22.3. The number of rotatable bonds is 37. The van der Waals surface area contributed by atoms with E-state index in [1.165, 1.54) is 103 Å². The Morgan fingerprint density at radius 2 is 1.00 bits per heavy atom. The number of allylic oxidation sites excluding steroid dienone is 2. The third-order valence-electron chi connectivity index (χ3n) is 10.4. The fraction of sp³-hybridized carbons (Fsp3) is 0.909. The molecule has 10 heteroatoms. The standard InChI is InChI=1S/C44H82O10/c1-3-5-7-9-11-13-15-16-17-18-19-20-21-23-25-27-29-31-33-40(47)53-37(36-52-44-43(50)42(49)41(48)38(34-45)54-44)35-51-39(46)32-30-28-26-24-22-14-12-10-8-6-4-2/h10,12,37-38,41-45,48-50H,3-9,11,13-36H2,1-2H3/b12-10+/t37-,38-,41+,42?,43?,44-/m1/s1. The van der Waals surface area contributed by atoms with E-state index >= 15 is 0 Å². The van der Waals surface area contributed by atoms with Gasteiger partial charge in [0.05, 0.1) is 13.2 Å². The van der Waals surface area contributed by atoms with Gasteiger partial charge in [0.1, 0.15) is 31.0 Å². The van der Waals surface area contributed by atoms with Gasteiger partial charge in [0.15, 0.2) is 12.4 Å². The zero-order chi connectivity index (χ0) is 39.5. The Morgan fingerprint density at radius 3 is 1.50 bits per heavy atom. The van der Waals surface area contributed by atoms with Gasteiger partial charge in [-0.3, -0.25) is 9.59 Å². The second kappa shape index (κ2) is 35.8. The molecule has 0 saturated carbocycles. The van der Waals surface area contributed by atoms with Crippen molar-refractivity contribution in [2.75, 3.05) is 19.8 Å². The number of esters is 2. The Morgan fingerprint density at radius 1 is 0.556 bits per heavy atom. The lowest BCUT2D eigenvalue weighted by Gasteiger charge is -2.39. The zero-order valence-corrected chi connectivity index (χ0v) is 34.5. The predicted molar refractivity (Wildman–Crippen MR) is 215 cm³/mol. The molecule has 0 aromatic rings. The minimum absolute atomic E-state index is 0.217. The van der Waals surface area contributed by atoms with E-state index in [4.69, 9.17) is 18.9 Å². The van der Waals surface area contributed by atoms with Gasteiger partial charge in [-0.25, -0.2) is 0 Å². The third kappa shape index (κ3) is 27.1. The van der Waals surface area contributed by atoms with Crippen molar-refractivity contribution in [3.8, 4) is 0 Å². The summed E-state index contributed by atoms with van der Waals surface area (Å²) in [6, 6.07) is 0. The largest absolute Gasteiger partial charge is 0.462 e. The molecule has 1 fully saturated rings. The van der Waals surface area contributed by atoms with E-state index in [0.29, 0.717) is 6.42 Å². The molecule has 1 rings (SSSR count). The van der Waals surface area contributed by atoms with E-state index in [2.05, 4.69) is 26.0 Å². The van der Waals surface area contributed by atoms with Crippen molar-refractivity contribution in [1.82, 2.24) is 0 Å². The predicted octanol–water partition coefficient (Wildman–Crippen LogP) is 9.17. The summed E-state index contributed by atoms with van der Waals surface area (Å²) in [6.45, 7) is 3.39. The van der Waals surface area contributed by atoms with Crippen molar-refractivity contribution in [2.45, 2.75) is 237 Å². The fourth-order valence-corrected chi connectivity index (χ4v) is 6.82. The van der Waals surface area contributed by atoms with E-state index in [1.807, 2.05) is 0 Å². The van der Waals surface area contributed by atoms with Gasteiger partial charge < -0.3 is 39.4 Å². The number of aliphatic hydroxyl groups is 4. The smallest absolute Gasteiger partial charge is 0.306 e. The van der Waals surface area contributed by atoms with Crippen LogP contribution in [-0.4, -0.2) is 89.0 Å². The molecule has 1 aliphatic rings. The van der Waals surface area contributed by atoms with Crippen molar-refractivity contribution < 1.29 is 49.0 Å². The number of carbonyl (C=O) groups excluding carboxylic acids is 2. The minimum Gasteiger partial charge on any atom is -0.462 e. The Bertz CT molecular complexity index is 897. The van der Waals surface area contributed by atoms with Crippen LogP contribution in [0.2, 0.25) is 0 Å². The summed E-state index contributed by atoms with van der Waals surface area (Å²) in [4.78, 5) is 25.3. The first kappa shape index (κ1) is 50.5. The molecule has 1 saturated heterocycles. The molecule has 1 heterocycles. The van der Waals surface area contributed by atoms with Gasteiger partial charge in [-0.05, 0) is 32.1 Å². The second-order valence-electron chi connectivity index (χ2n) is 15.5. The summed E-state index contributed by atoms with van der Waals surface area (Å²) in [5, 5.41) is 40.0. The average molecular weight is 771 g/mol. The fourth-order valence-electron chi connectivity index (χ4n) is 6.82. The highest BCUT2D eigenvalue weighted by molar-refractivity contribution is 5.70. The molecule has 1 aliphatic heterocycles. The topological polar surface area (TPSA) is 152 Å². The Hall–Kier alpha value is -1.56. The quantitative estimate of drug-likeness (QED) is 0.0273. The minimum atomic E-state index is -1.59. The van der Waals surface area contributed by atoms with Gasteiger partial charge >= 0.3 is 11.9 Å². The maximum atomic E-state index is 12.8. The summed E-state index contributed by atoms with van der Waals surface area (Å²) < 4.78 is 22.1. The van der Waals surface area contributed by atoms with Crippen molar-refractivity contribution >= 4 is 11.9 Å².